The molecule has 52 valence electrons. The monoisotopic (exact) mass is 156 g/mol. The first-order valence-corrected chi connectivity index (χ1v) is 3.32. The number of unbranched alkanes of at least 4 members (excludes halogenated alkanes) is 3. The van der Waals surface area contributed by atoms with E-state index in [-0.39, 0.29) is 52.8 Å². The van der Waals surface area contributed by atoms with Crippen molar-refractivity contribution >= 4 is 0 Å². The molecule has 0 saturated carbocycles. The second kappa shape index (κ2) is 12.3. The van der Waals surface area contributed by atoms with Crippen LogP contribution in [0.3, 0.4) is 0 Å². The molecule has 9 heavy (non-hydrogen) atoms. The molecule has 2 nitrogen and oxygen atoms in total. The van der Waals surface area contributed by atoms with Crippen LogP contribution >= 0.6 is 0 Å². The van der Waals surface area contributed by atoms with Crippen LogP contribution in [0.2, 0.25) is 0 Å². The van der Waals surface area contributed by atoms with E-state index in [1.165, 1.54) is 12.8 Å². The summed E-state index contributed by atoms with van der Waals surface area (Å²) in [6.45, 7) is 1.65. The number of rotatable bonds is 5. The Morgan fingerprint density at radius 1 is 0.778 bits per heavy atom. The third kappa shape index (κ3) is 12.7. The zero-order chi connectivity index (χ0) is 6.24. The van der Waals surface area contributed by atoms with E-state index in [9.17, 15) is 0 Å². The van der Waals surface area contributed by atoms with E-state index >= 15 is 0 Å². The first kappa shape index (κ1) is 13.2. The fourth-order valence-electron chi connectivity index (χ4n) is 0.642. The predicted octanol–water partition coefficient (Wildman–Crippen LogP) is -2.42. The minimum Gasteiger partial charge on any atom is -1.00 e. The van der Waals surface area contributed by atoms with Gasteiger partial charge in [0.2, 0.25) is 0 Å². The van der Waals surface area contributed by atoms with Crippen LogP contribution in [-0.2, 0) is 0 Å². The molecule has 0 aromatic rings. The minimum absolute atomic E-state index is 0. The van der Waals surface area contributed by atoms with Gasteiger partial charge in [-0.15, -0.1) is 0 Å². The molecule has 3 heteroatoms. The summed E-state index contributed by atoms with van der Waals surface area (Å²) in [5.41, 5.74) is 10.6. The standard InChI is InChI=1S/C6H16N2.K.H/c7-5-3-1-2-4-6-8;;/h1-8H2;;/q;+1;-1. The Morgan fingerprint density at radius 2 is 1.11 bits per heavy atom. The van der Waals surface area contributed by atoms with Gasteiger partial charge >= 0.3 is 51.4 Å². The minimum atomic E-state index is 0. The molecule has 0 heterocycles. The second-order valence-corrected chi connectivity index (χ2v) is 1.99. The molecule has 0 amide bonds. The van der Waals surface area contributed by atoms with E-state index in [1.807, 2.05) is 0 Å². The molecule has 0 fully saturated rings. The third-order valence-corrected chi connectivity index (χ3v) is 1.16. The quantitative estimate of drug-likeness (QED) is 0.344. The topological polar surface area (TPSA) is 52.0 Å². The molecule has 0 aromatic heterocycles. The Labute approximate surface area is 102 Å². The zero-order valence-corrected chi connectivity index (χ0v) is 9.52. The molecule has 0 aliphatic rings. The van der Waals surface area contributed by atoms with Crippen LogP contribution in [0.25, 0.3) is 0 Å². The molecule has 0 rings (SSSR count). The maximum Gasteiger partial charge on any atom is 1.00 e. The largest absolute Gasteiger partial charge is 1.00 e. The Kier molecular flexibility index (Phi) is 17.9. The van der Waals surface area contributed by atoms with E-state index in [0.717, 1.165) is 25.9 Å². The molecule has 4 N–H and O–H groups in total. The van der Waals surface area contributed by atoms with Gasteiger partial charge in [0.05, 0.1) is 0 Å². The Balaban J connectivity index is -0.000000245. The van der Waals surface area contributed by atoms with Crippen LogP contribution in [-0.4, -0.2) is 13.1 Å². The van der Waals surface area contributed by atoms with Crippen LogP contribution in [0.4, 0.5) is 0 Å². The van der Waals surface area contributed by atoms with Crippen molar-refractivity contribution in [3.8, 4) is 0 Å². The van der Waals surface area contributed by atoms with Crippen LogP contribution in [0.15, 0.2) is 0 Å². The van der Waals surface area contributed by atoms with Gasteiger partial charge in [-0.1, -0.05) is 12.8 Å². The van der Waals surface area contributed by atoms with E-state index in [0.29, 0.717) is 0 Å². The summed E-state index contributed by atoms with van der Waals surface area (Å²) in [4.78, 5) is 0. The summed E-state index contributed by atoms with van der Waals surface area (Å²) < 4.78 is 0. The van der Waals surface area contributed by atoms with E-state index in [1.54, 1.807) is 0 Å². The smallest absolute Gasteiger partial charge is 1.00 e. The van der Waals surface area contributed by atoms with Crippen molar-refractivity contribution in [2.75, 3.05) is 13.1 Å². The van der Waals surface area contributed by atoms with Crippen LogP contribution in [0, 0.1) is 0 Å². The van der Waals surface area contributed by atoms with Gasteiger partial charge in [-0.2, -0.15) is 0 Å². The zero-order valence-electron chi connectivity index (χ0n) is 7.40. The summed E-state index contributed by atoms with van der Waals surface area (Å²) in [6, 6.07) is 0. The van der Waals surface area contributed by atoms with Gasteiger partial charge in [0.1, 0.15) is 0 Å². The summed E-state index contributed by atoms with van der Waals surface area (Å²) in [5, 5.41) is 0. The number of hydrogen-bond acceptors (Lipinski definition) is 2. The van der Waals surface area contributed by atoms with Crippen LogP contribution in [0.5, 0.6) is 0 Å². The summed E-state index contributed by atoms with van der Waals surface area (Å²) in [5.74, 6) is 0. The molecular weight excluding hydrogens is 139 g/mol. The Morgan fingerprint density at radius 3 is 1.33 bits per heavy atom. The van der Waals surface area contributed by atoms with Gasteiger partial charge in [0, 0.05) is 0 Å². The maximum atomic E-state index is 5.28. The molecule has 0 aliphatic heterocycles. The molecule has 0 saturated heterocycles. The van der Waals surface area contributed by atoms with Crippen LogP contribution in [0.1, 0.15) is 27.1 Å². The van der Waals surface area contributed by atoms with E-state index < -0.39 is 0 Å². The van der Waals surface area contributed by atoms with Gasteiger partial charge in [-0.3, -0.25) is 0 Å². The van der Waals surface area contributed by atoms with E-state index in [4.69, 9.17) is 11.5 Å². The first-order valence-electron chi connectivity index (χ1n) is 3.32. The molecule has 0 spiro atoms. The van der Waals surface area contributed by atoms with E-state index in [2.05, 4.69) is 0 Å². The van der Waals surface area contributed by atoms with Crippen molar-refractivity contribution in [1.82, 2.24) is 0 Å². The summed E-state index contributed by atoms with van der Waals surface area (Å²) in [7, 11) is 0. The predicted molar refractivity (Wildman–Crippen MR) is 37.7 cm³/mol. The van der Waals surface area contributed by atoms with Crippen molar-refractivity contribution < 1.29 is 52.8 Å². The first-order chi connectivity index (χ1) is 3.91. The van der Waals surface area contributed by atoms with Gasteiger partial charge in [-0.25, -0.2) is 0 Å². The average Bonchev–Trinajstić information content (AvgIpc) is 1.81. The van der Waals surface area contributed by atoms with Crippen molar-refractivity contribution in [3.63, 3.8) is 0 Å². The van der Waals surface area contributed by atoms with Gasteiger partial charge in [-0.05, 0) is 25.9 Å². The molecular formula is C6H17KN2. The summed E-state index contributed by atoms with van der Waals surface area (Å²) in [6.07, 6.45) is 4.79. The molecule has 0 atom stereocenters. The average molecular weight is 156 g/mol. The molecule has 0 unspecified atom stereocenters. The summed E-state index contributed by atoms with van der Waals surface area (Å²) >= 11 is 0. The van der Waals surface area contributed by atoms with Crippen molar-refractivity contribution in [2.45, 2.75) is 25.7 Å². The van der Waals surface area contributed by atoms with Crippen molar-refractivity contribution in [2.24, 2.45) is 11.5 Å². The Bertz CT molecular complexity index is 40.7. The van der Waals surface area contributed by atoms with Gasteiger partial charge in [0.15, 0.2) is 0 Å². The fourth-order valence-corrected chi connectivity index (χ4v) is 0.642. The molecule has 0 bridgehead atoms. The second-order valence-electron chi connectivity index (χ2n) is 1.99. The maximum absolute atomic E-state index is 5.28. The number of hydrogen-bond donors (Lipinski definition) is 2. The normalized spacial score (nSPS) is 8.67. The molecule has 0 aliphatic carbocycles. The number of nitrogens with two attached hydrogens (primary N) is 2. The van der Waals surface area contributed by atoms with Crippen LogP contribution < -0.4 is 62.9 Å². The van der Waals surface area contributed by atoms with Gasteiger partial charge < -0.3 is 12.9 Å². The van der Waals surface area contributed by atoms with Crippen molar-refractivity contribution in [1.29, 1.82) is 0 Å². The Hall–Kier alpha value is 1.56. The third-order valence-electron chi connectivity index (χ3n) is 1.16. The van der Waals surface area contributed by atoms with Gasteiger partial charge in [0.25, 0.3) is 0 Å². The molecule has 0 aromatic carbocycles. The van der Waals surface area contributed by atoms with Crippen molar-refractivity contribution in [3.05, 3.63) is 0 Å². The SMILES string of the molecule is NCCCCCCN.[H-].[K+]. The molecule has 0 radical (unpaired) electrons. The fraction of sp³-hybridized carbons (Fsp3) is 1.00.